The van der Waals surface area contributed by atoms with Crippen LogP contribution in [0.25, 0.3) is 0 Å². The fourth-order valence-electron chi connectivity index (χ4n) is 3.05. The minimum atomic E-state index is 0.667. The topological polar surface area (TPSA) is 27.3 Å². The van der Waals surface area contributed by atoms with Crippen molar-refractivity contribution in [1.82, 2.24) is 15.5 Å². The lowest BCUT2D eigenvalue weighted by Crippen LogP contribution is -2.42. The molecule has 2 N–H and O–H groups in total. The van der Waals surface area contributed by atoms with Crippen molar-refractivity contribution in [3.05, 3.63) is 0 Å². The van der Waals surface area contributed by atoms with Crippen molar-refractivity contribution in [2.45, 2.75) is 39.0 Å². The van der Waals surface area contributed by atoms with E-state index in [1.165, 1.54) is 77.9 Å². The standard InChI is InChI=1S/C14H29N3/c1-2-14(5-3-6-14)13-16-9-12-17-10-4-7-15-8-11-17/h15-16H,2-13H2,1H3. The quantitative estimate of drug-likeness (QED) is 0.687. The van der Waals surface area contributed by atoms with Gasteiger partial charge < -0.3 is 15.5 Å². The Kier molecular flexibility index (Phi) is 5.26. The maximum atomic E-state index is 3.68. The van der Waals surface area contributed by atoms with E-state index in [0.717, 1.165) is 0 Å². The van der Waals surface area contributed by atoms with Crippen LogP contribution in [0.3, 0.4) is 0 Å². The van der Waals surface area contributed by atoms with Crippen LogP contribution in [-0.4, -0.2) is 50.7 Å². The molecule has 3 nitrogen and oxygen atoms in total. The van der Waals surface area contributed by atoms with Crippen LogP contribution in [-0.2, 0) is 0 Å². The highest BCUT2D eigenvalue weighted by atomic mass is 15.2. The van der Waals surface area contributed by atoms with Crippen molar-refractivity contribution < 1.29 is 0 Å². The summed E-state index contributed by atoms with van der Waals surface area (Å²) in [4.78, 5) is 2.59. The molecule has 2 rings (SSSR count). The van der Waals surface area contributed by atoms with Crippen molar-refractivity contribution >= 4 is 0 Å². The Morgan fingerprint density at radius 1 is 1.18 bits per heavy atom. The van der Waals surface area contributed by atoms with Crippen molar-refractivity contribution in [2.24, 2.45) is 5.41 Å². The zero-order valence-corrected chi connectivity index (χ0v) is 11.4. The molecule has 0 bridgehead atoms. The highest BCUT2D eigenvalue weighted by Crippen LogP contribution is 2.42. The largest absolute Gasteiger partial charge is 0.315 e. The van der Waals surface area contributed by atoms with E-state index in [-0.39, 0.29) is 0 Å². The van der Waals surface area contributed by atoms with Gasteiger partial charge in [-0.25, -0.2) is 0 Å². The normalized spacial score (nSPS) is 25.2. The SMILES string of the molecule is CCC1(CNCCN2CCCNCC2)CCC1. The molecule has 1 aliphatic carbocycles. The van der Waals surface area contributed by atoms with Gasteiger partial charge in [-0.2, -0.15) is 0 Å². The summed E-state index contributed by atoms with van der Waals surface area (Å²) in [6.07, 6.45) is 7.01. The predicted octanol–water partition coefficient (Wildman–Crippen LogP) is 1.45. The van der Waals surface area contributed by atoms with Crippen LogP contribution < -0.4 is 10.6 Å². The van der Waals surface area contributed by atoms with Gasteiger partial charge >= 0.3 is 0 Å². The summed E-state index contributed by atoms with van der Waals surface area (Å²) in [6, 6.07) is 0. The summed E-state index contributed by atoms with van der Waals surface area (Å²) in [6.45, 7) is 10.8. The van der Waals surface area contributed by atoms with Gasteiger partial charge in [0.15, 0.2) is 0 Å². The minimum Gasteiger partial charge on any atom is -0.315 e. The zero-order valence-electron chi connectivity index (χ0n) is 11.4. The molecule has 1 heterocycles. The molecule has 17 heavy (non-hydrogen) atoms. The third-order valence-corrected chi connectivity index (χ3v) is 4.70. The van der Waals surface area contributed by atoms with Crippen LogP contribution in [0.4, 0.5) is 0 Å². The smallest absolute Gasteiger partial charge is 0.0107 e. The predicted molar refractivity (Wildman–Crippen MR) is 73.4 cm³/mol. The van der Waals surface area contributed by atoms with E-state index >= 15 is 0 Å². The van der Waals surface area contributed by atoms with E-state index in [2.05, 4.69) is 22.5 Å². The first-order chi connectivity index (χ1) is 8.35. The van der Waals surface area contributed by atoms with E-state index < -0.39 is 0 Å². The Morgan fingerprint density at radius 3 is 2.76 bits per heavy atom. The van der Waals surface area contributed by atoms with E-state index in [1.54, 1.807) is 0 Å². The number of hydrogen-bond acceptors (Lipinski definition) is 3. The Labute approximate surface area is 106 Å². The number of hydrogen-bond donors (Lipinski definition) is 2. The first-order valence-corrected chi connectivity index (χ1v) is 7.48. The summed E-state index contributed by atoms with van der Waals surface area (Å²) >= 11 is 0. The zero-order chi connectivity index (χ0) is 12.0. The van der Waals surface area contributed by atoms with Gasteiger partial charge in [0.05, 0.1) is 0 Å². The van der Waals surface area contributed by atoms with Gasteiger partial charge in [0, 0.05) is 32.7 Å². The highest BCUT2D eigenvalue weighted by Gasteiger charge is 2.34. The minimum absolute atomic E-state index is 0.667. The molecule has 0 aromatic heterocycles. The molecular formula is C14H29N3. The molecule has 0 atom stereocenters. The summed E-state index contributed by atoms with van der Waals surface area (Å²) in [7, 11) is 0. The number of nitrogens with one attached hydrogen (secondary N) is 2. The summed E-state index contributed by atoms with van der Waals surface area (Å²) < 4.78 is 0. The lowest BCUT2D eigenvalue weighted by molar-refractivity contribution is 0.122. The molecule has 2 fully saturated rings. The van der Waals surface area contributed by atoms with Crippen LogP contribution in [0.1, 0.15) is 39.0 Å². The van der Waals surface area contributed by atoms with Crippen LogP contribution in [0, 0.1) is 5.41 Å². The van der Waals surface area contributed by atoms with E-state index in [4.69, 9.17) is 0 Å². The molecule has 3 heteroatoms. The molecule has 0 unspecified atom stereocenters. The lowest BCUT2D eigenvalue weighted by Gasteiger charge is -2.41. The molecule has 2 aliphatic rings. The Morgan fingerprint density at radius 2 is 2.06 bits per heavy atom. The summed E-state index contributed by atoms with van der Waals surface area (Å²) in [5.41, 5.74) is 0.667. The van der Waals surface area contributed by atoms with Gasteiger partial charge in [0.2, 0.25) is 0 Å². The first kappa shape index (κ1) is 13.3. The highest BCUT2D eigenvalue weighted by molar-refractivity contribution is 4.88. The molecule has 1 aliphatic heterocycles. The van der Waals surface area contributed by atoms with Crippen molar-refractivity contribution in [2.75, 3.05) is 45.8 Å². The average molecular weight is 239 g/mol. The summed E-state index contributed by atoms with van der Waals surface area (Å²) in [5.74, 6) is 0. The maximum absolute atomic E-state index is 3.68. The third kappa shape index (κ3) is 3.94. The van der Waals surface area contributed by atoms with Crippen molar-refractivity contribution in [3.8, 4) is 0 Å². The van der Waals surface area contributed by atoms with Crippen LogP contribution in [0.2, 0.25) is 0 Å². The molecule has 0 spiro atoms. The van der Waals surface area contributed by atoms with E-state index in [0.29, 0.717) is 5.41 Å². The second kappa shape index (κ2) is 6.72. The second-order valence-electron chi connectivity index (χ2n) is 5.83. The Balaban J connectivity index is 1.56. The Hall–Kier alpha value is -0.120. The van der Waals surface area contributed by atoms with Gasteiger partial charge in [-0.1, -0.05) is 13.3 Å². The molecule has 1 saturated carbocycles. The molecule has 0 radical (unpaired) electrons. The van der Waals surface area contributed by atoms with Crippen LogP contribution in [0.15, 0.2) is 0 Å². The van der Waals surface area contributed by atoms with Gasteiger partial charge in [-0.3, -0.25) is 0 Å². The van der Waals surface area contributed by atoms with Crippen LogP contribution in [0.5, 0.6) is 0 Å². The third-order valence-electron chi connectivity index (χ3n) is 4.70. The lowest BCUT2D eigenvalue weighted by atomic mass is 9.67. The van der Waals surface area contributed by atoms with Crippen molar-refractivity contribution in [1.29, 1.82) is 0 Å². The molecular weight excluding hydrogens is 210 g/mol. The summed E-state index contributed by atoms with van der Waals surface area (Å²) in [5, 5.41) is 7.14. The maximum Gasteiger partial charge on any atom is 0.0107 e. The molecule has 0 aromatic carbocycles. The molecule has 1 saturated heterocycles. The van der Waals surface area contributed by atoms with Gasteiger partial charge in [0.25, 0.3) is 0 Å². The molecule has 0 amide bonds. The number of nitrogens with zero attached hydrogens (tertiary/aromatic N) is 1. The monoisotopic (exact) mass is 239 g/mol. The van der Waals surface area contributed by atoms with Gasteiger partial charge in [-0.15, -0.1) is 0 Å². The second-order valence-corrected chi connectivity index (χ2v) is 5.83. The van der Waals surface area contributed by atoms with E-state index in [1.807, 2.05) is 0 Å². The first-order valence-electron chi connectivity index (χ1n) is 7.48. The fourth-order valence-corrected chi connectivity index (χ4v) is 3.05. The molecule has 100 valence electrons. The van der Waals surface area contributed by atoms with Gasteiger partial charge in [0.1, 0.15) is 0 Å². The average Bonchev–Trinajstić information content (AvgIpc) is 2.56. The van der Waals surface area contributed by atoms with E-state index in [9.17, 15) is 0 Å². The molecule has 0 aromatic rings. The van der Waals surface area contributed by atoms with Gasteiger partial charge in [-0.05, 0) is 44.2 Å². The Bertz CT molecular complexity index is 200. The van der Waals surface area contributed by atoms with Crippen LogP contribution >= 0.6 is 0 Å². The fraction of sp³-hybridized carbons (Fsp3) is 1.00. The number of rotatable bonds is 6. The van der Waals surface area contributed by atoms with Crippen molar-refractivity contribution in [3.63, 3.8) is 0 Å².